The van der Waals surface area contributed by atoms with Gasteiger partial charge in [0, 0.05) is 11.6 Å². The fraction of sp³-hybridized carbons (Fsp3) is 0.400. The summed E-state index contributed by atoms with van der Waals surface area (Å²) in [5.74, 6) is 2.16. The van der Waals surface area contributed by atoms with Crippen LogP contribution in [0.15, 0.2) is 53.7 Å². The molecule has 23 heavy (non-hydrogen) atoms. The maximum atomic E-state index is 4.99. The van der Waals surface area contributed by atoms with Crippen LogP contribution < -0.4 is 5.32 Å². The molecular formula is C20H23N3. The molecular weight excluding hydrogens is 282 g/mol. The summed E-state index contributed by atoms with van der Waals surface area (Å²) < 4.78 is 0. The Morgan fingerprint density at radius 2 is 1.83 bits per heavy atom. The summed E-state index contributed by atoms with van der Waals surface area (Å²) in [6.45, 7) is 0.743. The lowest BCUT2D eigenvalue weighted by Crippen LogP contribution is -2.43. The standard InChI is InChI=1S/C20H23N3/c1-3-8-16(9-4-1)15-22-19-20(11-5-2-6-12-20)14-17-10-7-13-21-18(17)23-19/h1,3-4,7-10,13H,2,5-6,11-12,14-15H2,(H,21,22,23). The normalized spacial score (nSPS) is 21.0. The minimum absolute atomic E-state index is 0.197. The summed E-state index contributed by atoms with van der Waals surface area (Å²) in [7, 11) is 0. The molecule has 0 saturated heterocycles. The van der Waals surface area contributed by atoms with Crippen molar-refractivity contribution in [3.05, 3.63) is 59.8 Å². The number of anilines is 1. The molecule has 1 fully saturated rings. The second-order valence-electron chi connectivity index (χ2n) is 6.80. The SMILES string of the molecule is c1ccc(CN=C2Nc3ncccc3CC23CCCCC3)cc1. The molecule has 1 saturated carbocycles. The third kappa shape index (κ3) is 2.88. The third-order valence-electron chi connectivity index (χ3n) is 5.23. The predicted molar refractivity (Wildman–Crippen MR) is 94.7 cm³/mol. The average molecular weight is 305 g/mol. The molecule has 0 radical (unpaired) electrons. The van der Waals surface area contributed by atoms with E-state index in [1.165, 1.54) is 43.2 Å². The topological polar surface area (TPSA) is 37.3 Å². The molecule has 1 spiro atoms. The molecule has 2 aliphatic rings. The number of hydrogen-bond donors (Lipinski definition) is 1. The molecule has 118 valence electrons. The average Bonchev–Trinajstić information content (AvgIpc) is 2.61. The summed E-state index contributed by atoms with van der Waals surface area (Å²) in [5.41, 5.74) is 2.80. The van der Waals surface area contributed by atoms with E-state index in [9.17, 15) is 0 Å². The summed E-state index contributed by atoms with van der Waals surface area (Å²) in [6, 6.07) is 14.8. The predicted octanol–water partition coefficient (Wildman–Crippen LogP) is 4.60. The monoisotopic (exact) mass is 305 g/mol. The Hall–Kier alpha value is -2.16. The highest BCUT2D eigenvalue weighted by atomic mass is 15.1. The van der Waals surface area contributed by atoms with Crippen LogP contribution in [0.2, 0.25) is 0 Å². The van der Waals surface area contributed by atoms with Crippen LogP contribution >= 0.6 is 0 Å². The van der Waals surface area contributed by atoms with Gasteiger partial charge in [0.2, 0.25) is 0 Å². The maximum Gasteiger partial charge on any atom is 0.134 e. The fourth-order valence-electron chi connectivity index (χ4n) is 3.99. The van der Waals surface area contributed by atoms with Gasteiger partial charge >= 0.3 is 0 Å². The number of pyridine rings is 1. The minimum atomic E-state index is 0.197. The quantitative estimate of drug-likeness (QED) is 0.880. The molecule has 1 aliphatic carbocycles. The van der Waals surface area contributed by atoms with Gasteiger partial charge in [-0.25, -0.2) is 4.98 Å². The molecule has 1 aromatic carbocycles. The molecule has 2 heterocycles. The van der Waals surface area contributed by atoms with E-state index in [4.69, 9.17) is 4.99 Å². The van der Waals surface area contributed by atoms with Crippen LogP contribution in [0.5, 0.6) is 0 Å². The summed E-state index contributed by atoms with van der Waals surface area (Å²) in [6.07, 6.45) is 9.39. The van der Waals surface area contributed by atoms with Crippen molar-refractivity contribution in [2.45, 2.75) is 45.1 Å². The van der Waals surface area contributed by atoms with Crippen molar-refractivity contribution in [3.8, 4) is 0 Å². The van der Waals surface area contributed by atoms with Crippen molar-refractivity contribution in [2.24, 2.45) is 10.4 Å². The van der Waals surface area contributed by atoms with Gasteiger partial charge in [-0.05, 0) is 36.5 Å². The highest BCUT2D eigenvalue weighted by Gasteiger charge is 2.41. The van der Waals surface area contributed by atoms with Crippen molar-refractivity contribution in [2.75, 3.05) is 5.32 Å². The molecule has 2 aromatic rings. The number of nitrogens with one attached hydrogen (secondary N) is 1. The van der Waals surface area contributed by atoms with Crippen LogP contribution in [0.25, 0.3) is 0 Å². The van der Waals surface area contributed by atoms with Gasteiger partial charge in [0.05, 0.1) is 6.54 Å². The number of amidine groups is 1. The lowest BCUT2D eigenvalue weighted by molar-refractivity contribution is 0.278. The molecule has 3 heteroatoms. The van der Waals surface area contributed by atoms with E-state index >= 15 is 0 Å². The van der Waals surface area contributed by atoms with Crippen LogP contribution in [0.3, 0.4) is 0 Å². The van der Waals surface area contributed by atoms with Gasteiger partial charge in [0.25, 0.3) is 0 Å². The van der Waals surface area contributed by atoms with E-state index in [1.54, 1.807) is 0 Å². The lowest BCUT2D eigenvalue weighted by atomic mass is 9.68. The van der Waals surface area contributed by atoms with Crippen molar-refractivity contribution >= 4 is 11.7 Å². The first-order valence-corrected chi connectivity index (χ1v) is 8.66. The van der Waals surface area contributed by atoms with Gasteiger partial charge < -0.3 is 5.32 Å². The van der Waals surface area contributed by atoms with E-state index in [1.807, 2.05) is 12.3 Å². The van der Waals surface area contributed by atoms with Crippen molar-refractivity contribution in [1.29, 1.82) is 0 Å². The molecule has 0 amide bonds. The van der Waals surface area contributed by atoms with Gasteiger partial charge in [0.1, 0.15) is 11.7 Å². The van der Waals surface area contributed by atoms with Gasteiger partial charge in [0.15, 0.2) is 0 Å². The second kappa shape index (κ2) is 6.15. The van der Waals surface area contributed by atoms with E-state index < -0.39 is 0 Å². The van der Waals surface area contributed by atoms with Gasteiger partial charge in [-0.15, -0.1) is 0 Å². The highest BCUT2D eigenvalue weighted by molar-refractivity contribution is 6.01. The number of nitrogens with zero attached hydrogens (tertiary/aromatic N) is 2. The Labute approximate surface area is 137 Å². The van der Waals surface area contributed by atoms with E-state index in [2.05, 4.69) is 46.7 Å². The zero-order valence-corrected chi connectivity index (χ0v) is 13.5. The molecule has 0 atom stereocenters. The summed E-state index contributed by atoms with van der Waals surface area (Å²) in [5, 5.41) is 3.57. The Morgan fingerprint density at radius 3 is 2.65 bits per heavy atom. The number of benzene rings is 1. The van der Waals surface area contributed by atoms with Gasteiger partial charge in [-0.2, -0.15) is 0 Å². The van der Waals surface area contributed by atoms with E-state index in [0.717, 1.165) is 24.6 Å². The Morgan fingerprint density at radius 1 is 1.00 bits per heavy atom. The molecule has 1 aromatic heterocycles. The van der Waals surface area contributed by atoms with Gasteiger partial charge in [-0.1, -0.05) is 55.7 Å². The van der Waals surface area contributed by atoms with Crippen molar-refractivity contribution in [3.63, 3.8) is 0 Å². The molecule has 0 unspecified atom stereocenters. The molecule has 4 rings (SSSR count). The molecule has 1 aliphatic heterocycles. The molecule has 1 N–H and O–H groups in total. The first-order valence-electron chi connectivity index (χ1n) is 8.66. The van der Waals surface area contributed by atoms with Crippen LogP contribution in [-0.4, -0.2) is 10.8 Å². The number of hydrogen-bond acceptors (Lipinski definition) is 2. The number of fused-ring (bicyclic) bond motifs is 1. The van der Waals surface area contributed by atoms with Crippen LogP contribution in [-0.2, 0) is 13.0 Å². The number of rotatable bonds is 2. The first kappa shape index (κ1) is 14.4. The van der Waals surface area contributed by atoms with Crippen LogP contribution in [0.1, 0.15) is 43.2 Å². The van der Waals surface area contributed by atoms with E-state index in [-0.39, 0.29) is 5.41 Å². The Bertz CT molecular complexity index is 700. The van der Waals surface area contributed by atoms with Gasteiger partial charge in [-0.3, -0.25) is 4.99 Å². The first-order chi connectivity index (χ1) is 11.4. The van der Waals surface area contributed by atoms with Crippen molar-refractivity contribution < 1.29 is 0 Å². The van der Waals surface area contributed by atoms with E-state index in [0.29, 0.717) is 0 Å². The Balaban J connectivity index is 1.67. The van der Waals surface area contributed by atoms with Crippen LogP contribution in [0.4, 0.5) is 5.82 Å². The summed E-state index contributed by atoms with van der Waals surface area (Å²) in [4.78, 5) is 9.51. The number of aromatic nitrogens is 1. The smallest absolute Gasteiger partial charge is 0.134 e. The highest BCUT2D eigenvalue weighted by Crippen LogP contribution is 2.44. The maximum absolute atomic E-state index is 4.99. The largest absolute Gasteiger partial charge is 0.328 e. The molecule has 3 nitrogen and oxygen atoms in total. The second-order valence-corrected chi connectivity index (χ2v) is 6.80. The number of aliphatic imine (C=N–C) groups is 1. The Kier molecular flexibility index (Phi) is 3.86. The minimum Gasteiger partial charge on any atom is -0.328 e. The van der Waals surface area contributed by atoms with Crippen LogP contribution in [0, 0.1) is 5.41 Å². The zero-order chi connectivity index (χ0) is 15.5. The molecule has 0 bridgehead atoms. The summed E-state index contributed by atoms with van der Waals surface area (Å²) >= 11 is 0. The fourth-order valence-corrected chi connectivity index (χ4v) is 3.99. The lowest BCUT2D eigenvalue weighted by Gasteiger charge is -2.42. The third-order valence-corrected chi connectivity index (χ3v) is 5.23. The van der Waals surface area contributed by atoms with Crippen molar-refractivity contribution in [1.82, 2.24) is 4.98 Å². The zero-order valence-electron chi connectivity index (χ0n) is 13.5.